The molecule has 2 rings (SSSR count). The summed E-state index contributed by atoms with van der Waals surface area (Å²) < 4.78 is 5.86. The van der Waals surface area contributed by atoms with Gasteiger partial charge in [0.2, 0.25) is 5.91 Å². The van der Waals surface area contributed by atoms with Crippen molar-refractivity contribution < 1.29 is 19.1 Å². The van der Waals surface area contributed by atoms with Gasteiger partial charge >= 0.3 is 6.09 Å². The first-order valence-corrected chi connectivity index (χ1v) is 7.58. The summed E-state index contributed by atoms with van der Waals surface area (Å²) in [5.41, 5.74) is 0.172. The average molecular weight is 369 g/mol. The molecule has 2 N–H and O–H groups in total. The number of halogens is 1. The average Bonchev–Trinajstić information content (AvgIpc) is 2.45. The van der Waals surface area contributed by atoms with Gasteiger partial charge in [-0.3, -0.25) is 9.59 Å². The van der Waals surface area contributed by atoms with Gasteiger partial charge in [0, 0.05) is 16.5 Å². The van der Waals surface area contributed by atoms with Crippen LogP contribution >= 0.6 is 15.9 Å². The number of anilines is 1. The van der Waals surface area contributed by atoms with Gasteiger partial charge in [0.15, 0.2) is 5.78 Å². The number of amides is 2. The third-order valence-corrected chi connectivity index (χ3v) is 3.43. The minimum Gasteiger partial charge on any atom is -0.444 e. The molecule has 0 aliphatic carbocycles. The standard InChI is InChI=1S/C15H17BrN2O4/c1-15(2,3)22-14(21)18-11-7-12(19)9-5-4-8(16)6-10(9)17-13(11)20/h4-6,11H,7H2,1-3H3,(H,17,20)(H,18,21). The Morgan fingerprint density at radius 1 is 1.36 bits per heavy atom. The van der Waals surface area contributed by atoms with E-state index in [1.165, 1.54) is 0 Å². The van der Waals surface area contributed by atoms with Crippen LogP contribution in [0.3, 0.4) is 0 Å². The monoisotopic (exact) mass is 368 g/mol. The number of ketones is 1. The number of benzene rings is 1. The van der Waals surface area contributed by atoms with Gasteiger partial charge in [-0.15, -0.1) is 0 Å². The molecule has 0 fully saturated rings. The van der Waals surface area contributed by atoms with Crippen LogP contribution < -0.4 is 10.6 Å². The molecular weight excluding hydrogens is 352 g/mol. The maximum absolute atomic E-state index is 12.2. The molecule has 1 atom stereocenters. The summed E-state index contributed by atoms with van der Waals surface area (Å²) in [5.74, 6) is -0.669. The predicted octanol–water partition coefficient (Wildman–Crippen LogP) is 2.87. The molecule has 118 valence electrons. The highest BCUT2D eigenvalue weighted by Gasteiger charge is 2.31. The van der Waals surface area contributed by atoms with Crippen molar-refractivity contribution in [3.05, 3.63) is 28.2 Å². The van der Waals surface area contributed by atoms with Gasteiger partial charge in [-0.05, 0) is 39.0 Å². The first kappa shape index (κ1) is 16.5. The lowest BCUT2D eigenvalue weighted by atomic mass is 10.0. The van der Waals surface area contributed by atoms with E-state index in [1.807, 2.05) is 0 Å². The maximum atomic E-state index is 12.2. The van der Waals surface area contributed by atoms with Gasteiger partial charge < -0.3 is 15.4 Å². The number of alkyl carbamates (subject to hydrolysis) is 1. The van der Waals surface area contributed by atoms with E-state index in [0.717, 1.165) is 4.47 Å². The summed E-state index contributed by atoms with van der Waals surface area (Å²) in [6, 6.07) is 4.05. The minimum absolute atomic E-state index is 0.111. The van der Waals surface area contributed by atoms with Crippen molar-refractivity contribution >= 4 is 39.4 Å². The van der Waals surface area contributed by atoms with Crippen LogP contribution in [0.15, 0.2) is 22.7 Å². The number of ether oxygens (including phenoxy) is 1. The highest BCUT2D eigenvalue weighted by Crippen LogP contribution is 2.26. The molecule has 2 amide bonds. The van der Waals surface area contributed by atoms with Crippen LogP contribution in [0.4, 0.5) is 10.5 Å². The molecule has 1 aliphatic heterocycles. The molecule has 0 spiro atoms. The van der Waals surface area contributed by atoms with Gasteiger partial charge in [-0.25, -0.2) is 4.79 Å². The second-order valence-corrected chi connectivity index (χ2v) is 6.92. The van der Waals surface area contributed by atoms with Crippen LogP contribution in [0.25, 0.3) is 0 Å². The molecule has 0 bridgehead atoms. The Balaban J connectivity index is 2.16. The van der Waals surface area contributed by atoms with Crippen LogP contribution in [0.5, 0.6) is 0 Å². The van der Waals surface area contributed by atoms with Gasteiger partial charge in [-0.1, -0.05) is 15.9 Å². The highest BCUT2D eigenvalue weighted by molar-refractivity contribution is 9.10. The Labute approximate surface area is 136 Å². The maximum Gasteiger partial charge on any atom is 0.408 e. The zero-order chi connectivity index (χ0) is 16.5. The second kappa shape index (κ2) is 6.08. The molecule has 1 heterocycles. The highest BCUT2D eigenvalue weighted by atomic mass is 79.9. The Morgan fingerprint density at radius 2 is 2.05 bits per heavy atom. The van der Waals surface area contributed by atoms with Crippen molar-refractivity contribution in [3.8, 4) is 0 Å². The zero-order valence-electron chi connectivity index (χ0n) is 12.5. The van der Waals surface area contributed by atoms with Gasteiger partial charge in [0.05, 0.1) is 5.69 Å². The molecule has 0 saturated heterocycles. The molecule has 1 aliphatic rings. The van der Waals surface area contributed by atoms with Gasteiger partial charge in [-0.2, -0.15) is 0 Å². The minimum atomic E-state index is -0.964. The summed E-state index contributed by atoms with van der Waals surface area (Å²) in [4.78, 5) is 36.2. The van der Waals surface area contributed by atoms with E-state index < -0.39 is 23.6 Å². The van der Waals surface area contributed by atoms with Crippen molar-refractivity contribution in [1.82, 2.24) is 5.32 Å². The quantitative estimate of drug-likeness (QED) is 0.797. The molecule has 1 unspecified atom stereocenters. The topological polar surface area (TPSA) is 84.5 Å². The molecular formula is C15H17BrN2O4. The molecule has 1 aromatic rings. The fraction of sp³-hybridized carbons (Fsp3) is 0.400. The Bertz CT molecular complexity index is 637. The first-order valence-electron chi connectivity index (χ1n) is 6.79. The number of carbonyl (C=O) groups excluding carboxylic acids is 3. The Hall–Kier alpha value is -1.89. The van der Waals surface area contributed by atoms with Crippen molar-refractivity contribution in [2.75, 3.05) is 5.32 Å². The normalized spacial score (nSPS) is 18.1. The fourth-order valence-electron chi connectivity index (χ4n) is 2.04. The number of Topliss-reactive ketones (excluding diaryl/α,β-unsaturated/α-hetero) is 1. The number of nitrogens with one attached hydrogen (secondary N) is 2. The molecule has 1 aromatic carbocycles. The zero-order valence-corrected chi connectivity index (χ0v) is 14.1. The Morgan fingerprint density at radius 3 is 2.68 bits per heavy atom. The van der Waals surface area contributed by atoms with Crippen molar-refractivity contribution in [1.29, 1.82) is 0 Å². The number of rotatable bonds is 1. The molecule has 0 radical (unpaired) electrons. The lowest BCUT2D eigenvalue weighted by Crippen LogP contribution is -2.45. The molecule has 7 heteroatoms. The summed E-state index contributed by atoms with van der Waals surface area (Å²) in [5, 5.41) is 5.09. The van der Waals surface area contributed by atoms with Crippen molar-refractivity contribution in [2.24, 2.45) is 0 Å². The number of fused-ring (bicyclic) bond motifs is 1. The van der Waals surface area contributed by atoms with Crippen molar-refractivity contribution in [3.63, 3.8) is 0 Å². The third-order valence-electron chi connectivity index (χ3n) is 2.94. The summed E-state index contributed by atoms with van der Waals surface area (Å²) in [6.07, 6.45) is -0.840. The predicted molar refractivity (Wildman–Crippen MR) is 84.9 cm³/mol. The molecule has 0 saturated carbocycles. The van der Waals surface area contributed by atoms with Crippen LogP contribution in [0.2, 0.25) is 0 Å². The van der Waals surface area contributed by atoms with E-state index in [0.29, 0.717) is 11.3 Å². The first-order chi connectivity index (χ1) is 10.2. The largest absolute Gasteiger partial charge is 0.444 e. The third kappa shape index (κ3) is 4.07. The molecule has 0 aromatic heterocycles. The summed E-state index contributed by atoms with van der Waals surface area (Å²) >= 11 is 3.29. The second-order valence-electron chi connectivity index (χ2n) is 6.01. The van der Waals surface area contributed by atoms with E-state index in [1.54, 1.807) is 39.0 Å². The number of hydrogen-bond acceptors (Lipinski definition) is 4. The van der Waals surface area contributed by atoms with E-state index >= 15 is 0 Å². The van der Waals surface area contributed by atoms with Crippen LogP contribution in [0.1, 0.15) is 37.6 Å². The summed E-state index contributed by atoms with van der Waals surface area (Å²) in [6.45, 7) is 5.16. The SMILES string of the molecule is CC(C)(C)OC(=O)NC1CC(=O)c2ccc(Br)cc2NC1=O. The smallest absolute Gasteiger partial charge is 0.408 e. The van der Waals surface area contributed by atoms with E-state index in [4.69, 9.17) is 4.74 Å². The van der Waals surface area contributed by atoms with E-state index in [2.05, 4.69) is 26.6 Å². The van der Waals surface area contributed by atoms with E-state index in [-0.39, 0.29) is 12.2 Å². The van der Waals surface area contributed by atoms with E-state index in [9.17, 15) is 14.4 Å². The fourth-order valence-corrected chi connectivity index (χ4v) is 2.40. The molecule has 6 nitrogen and oxygen atoms in total. The van der Waals surface area contributed by atoms with Crippen LogP contribution in [-0.2, 0) is 9.53 Å². The van der Waals surface area contributed by atoms with Gasteiger partial charge in [0.25, 0.3) is 0 Å². The van der Waals surface area contributed by atoms with Gasteiger partial charge in [0.1, 0.15) is 11.6 Å². The lowest BCUT2D eigenvalue weighted by molar-refractivity contribution is -0.118. The number of carbonyl (C=O) groups is 3. The summed E-state index contributed by atoms with van der Waals surface area (Å²) in [7, 11) is 0. The van der Waals surface area contributed by atoms with Crippen molar-refractivity contribution in [2.45, 2.75) is 38.8 Å². The molecule has 22 heavy (non-hydrogen) atoms. The Kier molecular flexibility index (Phi) is 4.55. The van der Waals surface area contributed by atoms with Crippen LogP contribution in [0, 0.1) is 0 Å². The number of hydrogen-bond donors (Lipinski definition) is 2. The van der Waals surface area contributed by atoms with Crippen LogP contribution in [-0.4, -0.2) is 29.4 Å². The lowest BCUT2D eigenvalue weighted by Gasteiger charge is -2.22.